The number of aryl methyl sites for hydroxylation is 1. The molecule has 2 aromatic rings. The van der Waals surface area contributed by atoms with E-state index in [4.69, 9.17) is 5.26 Å². The number of nitrogens with zero attached hydrogens (tertiary/aromatic N) is 2. The van der Waals surface area contributed by atoms with E-state index in [1.54, 1.807) is 24.9 Å². The molecule has 0 saturated carbocycles. The first kappa shape index (κ1) is 18.8. The van der Waals surface area contributed by atoms with E-state index < -0.39 is 0 Å². The molecule has 0 aromatic heterocycles. The fourth-order valence-electron chi connectivity index (χ4n) is 2.36. The molecule has 2 aromatic carbocycles. The second-order valence-electron chi connectivity index (χ2n) is 5.51. The fraction of sp³-hybridized carbons (Fsp3) is 0.263. The Morgan fingerprint density at radius 1 is 1.16 bits per heavy atom. The highest BCUT2D eigenvalue weighted by atomic mass is 32.2. The molecule has 0 saturated heterocycles. The zero-order valence-electron chi connectivity index (χ0n) is 14.6. The third kappa shape index (κ3) is 5.23. The summed E-state index contributed by atoms with van der Waals surface area (Å²) in [6.07, 6.45) is 2.05. The molecule has 0 radical (unpaired) electrons. The Bertz CT molecular complexity index is 812. The Morgan fingerprint density at radius 3 is 2.52 bits per heavy atom. The van der Waals surface area contributed by atoms with Crippen molar-refractivity contribution in [1.82, 2.24) is 10.6 Å². The molecule has 2 N–H and O–H groups in total. The van der Waals surface area contributed by atoms with E-state index in [0.29, 0.717) is 23.6 Å². The van der Waals surface area contributed by atoms with Gasteiger partial charge in [-0.2, -0.15) is 5.26 Å². The van der Waals surface area contributed by atoms with E-state index in [0.717, 1.165) is 0 Å². The van der Waals surface area contributed by atoms with E-state index in [9.17, 15) is 4.39 Å². The van der Waals surface area contributed by atoms with Crippen molar-refractivity contribution in [3.8, 4) is 6.07 Å². The SMILES string of the molecule is CN=C(NCc1cc(C#N)ccc1F)NCc1ccc(C)cc1SC. The minimum Gasteiger partial charge on any atom is -0.352 e. The molecule has 2 rings (SSSR count). The molecule has 0 heterocycles. The first-order valence-corrected chi connectivity index (χ1v) is 9.06. The third-order valence-corrected chi connectivity index (χ3v) is 4.55. The number of hydrogen-bond donors (Lipinski definition) is 2. The average Bonchev–Trinajstić information content (AvgIpc) is 2.63. The van der Waals surface area contributed by atoms with Crippen LogP contribution in [0.25, 0.3) is 0 Å². The highest BCUT2D eigenvalue weighted by molar-refractivity contribution is 7.98. The van der Waals surface area contributed by atoms with E-state index in [1.165, 1.54) is 28.2 Å². The summed E-state index contributed by atoms with van der Waals surface area (Å²) < 4.78 is 13.8. The zero-order chi connectivity index (χ0) is 18.2. The molecule has 0 atom stereocenters. The van der Waals surface area contributed by atoms with Gasteiger partial charge in [-0.15, -0.1) is 11.8 Å². The molecule has 0 amide bonds. The van der Waals surface area contributed by atoms with Gasteiger partial charge < -0.3 is 10.6 Å². The lowest BCUT2D eigenvalue weighted by Gasteiger charge is -2.14. The van der Waals surface area contributed by atoms with Crippen LogP contribution in [-0.2, 0) is 13.1 Å². The molecule has 130 valence electrons. The third-order valence-electron chi connectivity index (χ3n) is 3.73. The number of guanidine groups is 1. The topological polar surface area (TPSA) is 60.2 Å². The van der Waals surface area contributed by atoms with Gasteiger partial charge in [-0.05, 0) is 48.6 Å². The maximum atomic E-state index is 13.8. The lowest BCUT2D eigenvalue weighted by atomic mass is 10.1. The predicted molar refractivity (Wildman–Crippen MR) is 101 cm³/mol. The Hall–Kier alpha value is -2.52. The van der Waals surface area contributed by atoms with E-state index in [2.05, 4.69) is 47.0 Å². The minimum atomic E-state index is -0.342. The van der Waals surface area contributed by atoms with Crippen LogP contribution in [0.1, 0.15) is 22.3 Å². The standard InChI is InChI=1S/C19H21FN4S/c1-13-4-6-15(18(8-13)25-3)11-23-19(22-2)24-12-16-9-14(10-21)5-7-17(16)20/h4-9H,11-12H2,1-3H3,(H2,22,23,24). The van der Waals surface area contributed by atoms with Gasteiger partial charge in [0.05, 0.1) is 11.6 Å². The summed E-state index contributed by atoms with van der Waals surface area (Å²) >= 11 is 1.70. The van der Waals surface area contributed by atoms with Crippen LogP contribution < -0.4 is 10.6 Å². The first-order valence-electron chi connectivity index (χ1n) is 7.84. The largest absolute Gasteiger partial charge is 0.352 e. The monoisotopic (exact) mass is 356 g/mol. The van der Waals surface area contributed by atoms with Crippen LogP contribution in [0.2, 0.25) is 0 Å². The zero-order valence-corrected chi connectivity index (χ0v) is 15.4. The van der Waals surface area contributed by atoms with Gasteiger partial charge in [0.15, 0.2) is 5.96 Å². The maximum absolute atomic E-state index is 13.8. The van der Waals surface area contributed by atoms with Gasteiger partial charge in [0.25, 0.3) is 0 Å². The van der Waals surface area contributed by atoms with Crippen molar-refractivity contribution in [2.24, 2.45) is 4.99 Å². The van der Waals surface area contributed by atoms with Crippen molar-refractivity contribution in [3.05, 3.63) is 64.5 Å². The van der Waals surface area contributed by atoms with Crippen molar-refractivity contribution in [1.29, 1.82) is 5.26 Å². The maximum Gasteiger partial charge on any atom is 0.191 e. The van der Waals surface area contributed by atoms with Gasteiger partial charge in [-0.3, -0.25) is 4.99 Å². The number of benzene rings is 2. The van der Waals surface area contributed by atoms with Gasteiger partial charge in [-0.25, -0.2) is 4.39 Å². The summed E-state index contributed by atoms with van der Waals surface area (Å²) in [6, 6.07) is 12.7. The molecule has 6 heteroatoms. The second kappa shape index (κ2) is 9.09. The van der Waals surface area contributed by atoms with Crippen LogP contribution in [0.3, 0.4) is 0 Å². The Balaban J connectivity index is 1.99. The summed E-state index contributed by atoms with van der Waals surface area (Å²) in [5.74, 6) is 0.236. The van der Waals surface area contributed by atoms with Gasteiger partial charge in [0.2, 0.25) is 0 Å². The van der Waals surface area contributed by atoms with Crippen molar-refractivity contribution in [2.75, 3.05) is 13.3 Å². The van der Waals surface area contributed by atoms with Crippen LogP contribution in [0.5, 0.6) is 0 Å². The van der Waals surface area contributed by atoms with Crippen LogP contribution in [0.15, 0.2) is 46.3 Å². The Labute approximate surface area is 152 Å². The molecule has 0 fully saturated rings. The highest BCUT2D eigenvalue weighted by Gasteiger charge is 2.07. The predicted octanol–water partition coefficient (Wildman–Crippen LogP) is 3.59. The Kier molecular flexibility index (Phi) is 6.84. The van der Waals surface area contributed by atoms with E-state index in [1.807, 2.05) is 6.07 Å². The summed E-state index contributed by atoms with van der Waals surface area (Å²) in [4.78, 5) is 5.38. The lowest BCUT2D eigenvalue weighted by molar-refractivity contribution is 0.604. The van der Waals surface area contributed by atoms with Crippen molar-refractivity contribution >= 4 is 17.7 Å². The molecule has 0 aliphatic heterocycles. The molecule has 25 heavy (non-hydrogen) atoms. The van der Waals surface area contributed by atoms with Crippen LogP contribution >= 0.6 is 11.8 Å². The molecule has 0 bridgehead atoms. The fourth-order valence-corrected chi connectivity index (χ4v) is 3.06. The van der Waals surface area contributed by atoms with Gasteiger partial charge in [0, 0.05) is 30.6 Å². The van der Waals surface area contributed by atoms with E-state index >= 15 is 0 Å². The number of thioether (sulfide) groups is 1. The summed E-state index contributed by atoms with van der Waals surface area (Å²) in [5, 5.41) is 15.2. The first-order chi connectivity index (χ1) is 12.1. The van der Waals surface area contributed by atoms with Gasteiger partial charge in [-0.1, -0.05) is 12.1 Å². The van der Waals surface area contributed by atoms with Crippen LogP contribution in [0, 0.1) is 24.1 Å². The number of nitrogens with one attached hydrogen (secondary N) is 2. The van der Waals surface area contributed by atoms with Gasteiger partial charge in [0.1, 0.15) is 5.82 Å². The number of rotatable bonds is 5. The smallest absolute Gasteiger partial charge is 0.191 e. The average molecular weight is 356 g/mol. The number of hydrogen-bond acceptors (Lipinski definition) is 3. The summed E-state index contributed by atoms with van der Waals surface area (Å²) in [6.45, 7) is 2.95. The van der Waals surface area contributed by atoms with Crippen LogP contribution in [0.4, 0.5) is 4.39 Å². The molecular weight excluding hydrogens is 335 g/mol. The van der Waals surface area contributed by atoms with Crippen molar-refractivity contribution in [2.45, 2.75) is 24.9 Å². The van der Waals surface area contributed by atoms with Crippen molar-refractivity contribution < 1.29 is 4.39 Å². The normalized spacial score (nSPS) is 11.1. The van der Waals surface area contributed by atoms with Crippen molar-refractivity contribution in [3.63, 3.8) is 0 Å². The summed E-state index contributed by atoms with van der Waals surface area (Å²) in [5.41, 5.74) is 3.27. The minimum absolute atomic E-state index is 0.254. The summed E-state index contributed by atoms with van der Waals surface area (Å²) in [7, 11) is 1.67. The highest BCUT2D eigenvalue weighted by Crippen LogP contribution is 2.21. The molecular formula is C19H21FN4S. The lowest BCUT2D eigenvalue weighted by Crippen LogP contribution is -2.36. The quantitative estimate of drug-likeness (QED) is 0.488. The molecule has 4 nitrogen and oxygen atoms in total. The van der Waals surface area contributed by atoms with E-state index in [-0.39, 0.29) is 12.4 Å². The molecule has 0 aliphatic rings. The van der Waals surface area contributed by atoms with Crippen LogP contribution in [-0.4, -0.2) is 19.3 Å². The number of aliphatic imine (C=N–C) groups is 1. The molecule has 0 aliphatic carbocycles. The second-order valence-corrected chi connectivity index (χ2v) is 6.36. The number of nitriles is 1. The molecule has 0 spiro atoms. The molecule has 0 unspecified atom stereocenters. The Morgan fingerprint density at radius 2 is 1.88 bits per heavy atom. The number of halogens is 1. The van der Waals surface area contributed by atoms with Gasteiger partial charge >= 0.3 is 0 Å².